The number of aromatic nitrogens is 3. The van der Waals surface area contributed by atoms with Crippen molar-refractivity contribution < 1.29 is 4.92 Å². The number of hydrogen-bond acceptors (Lipinski definition) is 5. The Morgan fingerprint density at radius 3 is 2.57 bits per heavy atom. The van der Waals surface area contributed by atoms with E-state index in [1.807, 2.05) is 16.8 Å². The monoisotopic (exact) mass is 307 g/mol. The van der Waals surface area contributed by atoms with Gasteiger partial charge in [0.25, 0.3) is 5.69 Å². The molecule has 1 aromatic carbocycles. The summed E-state index contributed by atoms with van der Waals surface area (Å²) >= 11 is 0. The van der Waals surface area contributed by atoms with Crippen LogP contribution in [0.3, 0.4) is 0 Å². The fourth-order valence-electron chi connectivity index (χ4n) is 2.82. The minimum Gasteiger partial charge on any atom is -0.369 e. The molecular weight excluding hydrogens is 294 g/mol. The molecule has 1 N–H and O–H groups in total. The van der Waals surface area contributed by atoms with Gasteiger partial charge < -0.3 is 5.32 Å². The summed E-state index contributed by atoms with van der Waals surface area (Å²) in [7, 11) is 0. The van der Waals surface area contributed by atoms with Gasteiger partial charge >= 0.3 is 0 Å². The van der Waals surface area contributed by atoms with Gasteiger partial charge in [0.05, 0.1) is 16.3 Å². The molecule has 3 aromatic rings. The van der Waals surface area contributed by atoms with E-state index in [0.29, 0.717) is 0 Å². The van der Waals surface area contributed by atoms with Crippen molar-refractivity contribution in [2.75, 3.05) is 11.9 Å². The average molecular weight is 307 g/mol. The molecule has 4 rings (SSSR count). The largest absolute Gasteiger partial charge is 0.369 e. The molecule has 1 aliphatic heterocycles. The Kier molecular flexibility index (Phi) is 3.04. The van der Waals surface area contributed by atoms with Gasteiger partial charge in [-0.05, 0) is 30.7 Å². The lowest BCUT2D eigenvalue weighted by atomic mass is 10.1. The molecule has 0 fully saturated rings. The number of pyridine rings is 1. The first kappa shape index (κ1) is 13.4. The zero-order chi connectivity index (χ0) is 15.8. The molecule has 0 atom stereocenters. The van der Waals surface area contributed by atoms with Crippen LogP contribution in [0.25, 0.3) is 16.9 Å². The number of nitro benzene ring substituents is 1. The molecule has 23 heavy (non-hydrogen) atoms. The third-order valence-corrected chi connectivity index (χ3v) is 3.91. The van der Waals surface area contributed by atoms with E-state index in [-0.39, 0.29) is 5.69 Å². The van der Waals surface area contributed by atoms with E-state index in [4.69, 9.17) is 5.10 Å². The minimum atomic E-state index is -0.405. The van der Waals surface area contributed by atoms with Gasteiger partial charge in [0.15, 0.2) is 0 Å². The van der Waals surface area contributed by atoms with Crippen molar-refractivity contribution in [1.82, 2.24) is 14.8 Å². The molecule has 0 saturated heterocycles. The van der Waals surface area contributed by atoms with Gasteiger partial charge in [0, 0.05) is 42.2 Å². The summed E-state index contributed by atoms with van der Waals surface area (Å²) in [5.41, 5.74) is 3.96. The zero-order valence-electron chi connectivity index (χ0n) is 12.1. The van der Waals surface area contributed by atoms with Crippen molar-refractivity contribution >= 4 is 11.5 Å². The zero-order valence-corrected chi connectivity index (χ0v) is 12.1. The van der Waals surface area contributed by atoms with Crippen LogP contribution >= 0.6 is 0 Å². The quantitative estimate of drug-likeness (QED) is 0.594. The molecule has 0 unspecified atom stereocenters. The van der Waals surface area contributed by atoms with E-state index in [9.17, 15) is 10.1 Å². The number of fused-ring (bicyclic) bond motifs is 1. The molecule has 114 valence electrons. The van der Waals surface area contributed by atoms with E-state index in [0.717, 1.165) is 41.3 Å². The predicted octanol–water partition coefficient (Wildman–Crippen LogP) is 2.81. The van der Waals surface area contributed by atoms with Gasteiger partial charge in [-0.25, -0.2) is 4.68 Å². The molecule has 3 heterocycles. The summed E-state index contributed by atoms with van der Waals surface area (Å²) < 4.78 is 1.81. The topological polar surface area (TPSA) is 85.9 Å². The van der Waals surface area contributed by atoms with Gasteiger partial charge in [0.1, 0.15) is 5.82 Å². The van der Waals surface area contributed by atoms with E-state index < -0.39 is 4.92 Å². The normalized spacial score (nSPS) is 12.7. The van der Waals surface area contributed by atoms with Crippen LogP contribution in [-0.4, -0.2) is 26.2 Å². The highest BCUT2D eigenvalue weighted by Crippen LogP contribution is 2.34. The molecule has 0 saturated carbocycles. The van der Waals surface area contributed by atoms with Gasteiger partial charge in [-0.3, -0.25) is 15.1 Å². The van der Waals surface area contributed by atoms with Crippen molar-refractivity contribution in [3.05, 3.63) is 64.5 Å². The highest BCUT2D eigenvalue weighted by molar-refractivity contribution is 5.72. The smallest absolute Gasteiger partial charge is 0.269 e. The van der Waals surface area contributed by atoms with Gasteiger partial charge in [0.2, 0.25) is 0 Å². The van der Waals surface area contributed by atoms with E-state index in [1.54, 1.807) is 24.5 Å². The Balaban J connectivity index is 1.82. The highest BCUT2D eigenvalue weighted by atomic mass is 16.6. The molecule has 0 aliphatic carbocycles. The first-order chi connectivity index (χ1) is 11.2. The Hall–Kier alpha value is -3.22. The number of nitrogens with zero attached hydrogens (tertiary/aromatic N) is 4. The fraction of sp³-hybridized carbons (Fsp3) is 0.125. The predicted molar refractivity (Wildman–Crippen MR) is 85.6 cm³/mol. The highest BCUT2D eigenvalue weighted by Gasteiger charge is 2.24. The molecule has 0 amide bonds. The summed E-state index contributed by atoms with van der Waals surface area (Å²) in [5, 5.41) is 18.8. The van der Waals surface area contributed by atoms with Gasteiger partial charge in [-0.2, -0.15) is 5.10 Å². The van der Waals surface area contributed by atoms with Crippen LogP contribution in [0, 0.1) is 10.1 Å². The number of benzene rings is 1. The van der Waals surface area contributed by atoms with Crippen LogP contribution < -0.4 is 5.32 Å². The fourth-order valence-corrected chi connectivity index (χ4v) is 2.82. The lowest BCUT2D eigenvalue weighted by Gasteiger charge is -2.06. The van der Waals surface area contributed by atoms with Crippen molar-refractivity contribution in [2.24, 2.45) is 0 Å². The van der Waals surface area contributed by atoms with Crippen molar-refractivity contribution in [1.29, 1.82) is 0 Å². The molecule has 1 aliphatic rings. The van der Waals surface area contributed by atoms with Crippen molar-refractivity contribution in [3.63, 3.8) is 0 Å². The third kappa shape index (κ3) is 2.22. The molecule has 0 bridgehead atoms. The summed E-state index contributed by atoms with van der Waals surface area (Å²) in [6.45, 7) is 0.859. The first-order valence-corrected chi connectivity index (χ1v) is 7.25. The average Bonchev–Trinajstić information content (AvgIpc) is 3.18. The second-order valence-electron chi connectivity index (χ2n) is 5.27. The summed E-state index contributed by atoms with van der Waals surface area (Å²) in [5.74, 6) is 0.950. The number of non-ortho nitro benzene ring substituents is 1. The first-order valence-electron chi connectivity index (χ1n) is 7.25. The summed E-state index contributed by atoms with van der Waals surface area (Å²) in [4.78, 5) is 14.4. The lowest BCUT2D eigenvalue weighted by molar-refractivity contribution is -0.384. The van der Waals surface area contributed by atoms with Gasteiger partial charge in [-0.15, -0.1) is 0 Å². The Bertz CT molecular complexity index is 871. The number of rotatable bonds is 3. The molecule has 0 radical (unpaired) electrons. The van der Waals surface area contributed by atoms with E-state index in [2.05, 4.69) is 10.3 Å². The van der Waals surface area contributed by atoms with Crippen molar-refractivity contribution in [3.8, 4) is 16.9 Å². The van der Waals surface area contributed by atoms with Crippen molar-refractivity contribution in [2.45, 2.75) is 6.42 Å². The minimum absolute atomic E-state index is 0.0693. The van der Waals surface area contributed by atoms with Crippen LogP contribution in [0.2, 0.25) is 0 Å². The Labute approximate surface area is 131 Å². The van der Waals surface area contributed by atoms with Crippen LogP contribution in [0.1, 0.15) is 5.56 Å². The molecular formula is C16H13N5O2. The lowest BCUT2D eigenvalue weighted by Crippen LogP contribution is -2.04. The SMILES string of the molecule is O=[N+]([O-])c1ccc(-n2nc(-c3ccncc3)c3c2NCC3)cc1. The van der Waals surface area contributed by atoms with Crippen LogP contribution in [0.5, 0.6) is 0 Å². The maximum absolute atomic E-state index is 10.8. The van der Waals surface area contributed by atoms with Gasteiger partial charge in [-0.1, -0.05) is 0 Å². The second-order valence-corrected chi connectivity index (χ2v) is 5.27. The molecule has 2 aromatic heterocycles. The Morgan fingerprint density at radius 2 is 1.87 bits per heavy atom. The Morgan fingerprint density at radius 1 is 1.13 bits per heavy atom. The number of hydrogen-bond donors (Lipinski definition) is 1. The molecule has 7 nitrogen and oxygen atoms in total. The molecule has 7 heteroatoms. The summed E-state index contributed by atoms with van der Waals surface area (Å²) in [6, 6.07) is 10.3. The number of nitro groups is 1. The third-order valence-electron chi connectivity index (χ3n) is 3.91. The second kappa shape index (κ2) is 5.20. The molecule has 0 spiro atoms. The van der Waals surface area contributed by atoms with Crippen LogP contribution in [-0.2, 0) is 6.42 Å². The maximum Gasteiger partial charge on any atom is 0.269 e. The standard InChI is InChI=1S/C16H13N5O2/c22-21(23)13-3-1-12(2-4-13)20-16-14(7-10-18-16)15(19-20)11-5-8-17-9-6-11/h1-6,8-9,18H,7,10H2. The number of anilines is 1. The maximum atomic E-state index is 10.8. The van der Waals surface area contributed by atoms with E-state index >= 15 is 0 Å². The van der Waals surface area contributed by atoms with Crippen LogP contribution in [0.15, 0.2) is 48.8 Å². The summed E-state index contributed by atoms with van der Waals surface area (Å²) in [6.07, 6.45) is 4.39. The van der Waals surface area contributed by atoms with Crippen LogP contribution in [0.4, 0.5) is 11.5 Å². The van der Waals surface area contributed by atoms with E-state index in [1.165, 1.54) is 12.1 Å². The number of nitrogens with one attached hydrogen (secondary N) is 1.